The van der Waals surface area contributed by atoms with Crippen LogP contribution in [0.3, 0.4) is 0 Å². The Hall–Kier alpha value is -1.99. The minimum atomic E-state index is -1.05. The van der Waals surface area contributed by atoms with E-state index in [9.17, 15) is 9.59 Å². The Kier molecular flexibility index (Phi) is 6.67. The van der Waals surface area contributed by atoms with Gasteiger partial charge in [0.05, 0.1) is 13.7 Å². The number of rotatable bonds is 5. The normalized spacial score (nSPS) is 12.1. The van der Waals surface area contributed by atoms with Gasteiger partial charge in [-0.25, -0.2) is 9.86 Å². The van der Waals surface area contributed by atoms with Gasteiger partial charge in [-0.2, -0.15) is 0 Å². The summed E-state index contributed by atoms with van der Waals surface area (Å²) in [5.74, 6) is -0.555. The molecule has 9 nitrogen and oxygen atoms in total. The van der Waals surface area contributed by atoms with E-state index in [2.05, 4.69) is 15.3 Å². The van der Waals surface area contributed by atoms with Gasteiger partial charge in [-0.1, -0.05) is 5.11 Å². The van der Waals surface area contributed by atoms with Crippen LogP contribution in [-0.4, -0.2) is 49.4 Å². The molecule has 0 aliphatic carbocycles. The maximum Gasteiger partial charge on any atom is 0.408 e. The summed E-state index contributed by atoms with van der Waals surface area (Å²) in [6.07, 6.45) is -0.775. The van der Waals surface area contributed by atoms with Crippen molar-refractivity contribution in [1.29, 1.82) is 0 Å². The van der Waals surface area contributed by atoms with Crippen molar-refractivity contribution in [2.75, 3.05) is 20.7 Å². The Bertz CT molecular complexity index is 373. The Morgan fingerprint density at radius 3 is 2.47 bits per heavy atom. The van der Waals surface area contributed by atoms with Crippen LogP contribution in [0.4, 0.5) is 4.79 Å². The molecule has 0 heterocycles. The number of azide groups is 1. The van der Waals surface area contributed by atoms with Crippen LogP contribution in [0.5, 0.6) is 0 Å². The van der Waals surface area contributed by atoms with Crippen molar-refractivity contribution < 1.29 is 19.2 Å². The summed E-state index contributed by atoms with van der Waals surface area (Å²) in [5, 5.41) is 6.52. The minimum Gasteiger partial charge on any atom is -0.444 e. The van der Waals surface area contributed by atoms with Gasteiger partial charge in [-0.3, -0.25) is 9.63 Å². The number of nitrogens with zero attached hydrogens (tertiary/aromatic N) is 4. The van der Waals surface area contributed by atoms with Crippen molar-refractivity contribution in [3.63, 3.8) is 0 Å². The second-order valence-corrected chi connectivity index (χ2v) is 4.63. The van der Waals surface area contributed by atoms with E-state index in [0.29, 0.717) is 0 Å². The van der Waals surface area contributed by atoms with Gasteiger partial charge in [0, 0.05) is 12.0 Å². The fourth-order valence-electron chi connectivity index (χ4n) is 1.06. The van der Waals surface area contributed by atoms with Gasteiger partial charge in [0.2, 0.25) is 0 Å². The maximum atomic E-state index is 11.8. The van der Waals surface area contributed by atoms with E-state index in [1.807, 2.05) is 0 Å². The molecule has 1 atom stereocenters. The van der Waals surface area contributed by atoms with E-state index in [4.69, 9.17) is 15.1 Å². The van der Waals surface area contributed by atoms with Crippen LogP contribution < -0.4 is 5.32 Å². The molecule has 19 heavy (non-hydrogen) atoms. The fraction of sp³-hybridized carbons (Fsp3) is 0.800. The molecular formula is C10H19N5O4. The largest absolute Gasteiger partial charge is 0.444 e. The number of carbonyl (C=O) groups excluding carboxylic acids is 2. The van der Waals surface area contributed by atoms with Crippen LogP contribution >= 0.6 is 0 Å². The number of likely N-dealkylation sites (N-methyl/N-ethyl adjacent to an activating group) is 1. The summed E-state index contributed by atoms with van der Waals surface area (Å²) in [5.41, 5.74) is 7.58. The zero-order chi connectivity index (χ0) is 15.1. The third-order valence-corrected chi connectivity index (χ3v) is 1.90. The molecule has 0 aromatic carbocycles. The molecule has 9 heteroatoms. The molecule has 0 unspecified atom stereocenters. The molecule has 0 aromatic rings. The number of carbonyl (C=O) groups is 2. The quantitative estimate of drug-likeness (QED) is 0.350. The summed E-state index contributed by atoms with van der Waals surface area (Å²) >= 11 is 0. The van der Waals surface area contributed by atoms with Gasteiger partial charge in [0.1, 0.15) is 11.6 Å². The van der Waals surface area contributed by atoms with E-state index >= 15 is 0 Å². The van der Waals surface area contributed by atoms with E-state index in [0.717, 1.165) is 5.06 Å². The number of hydrogen-bond donors (Lipinski definition) is 1. The second-order valence-electron chi connectivity index (χ2n) is 4.63. The Morgan fingerprint density at radius 1 is 1.47 bits per heavy atom. The molecule has 0 aliphatic rings. The summed E-state index contributed by atoms with van der Waals surface area (Å²) in [4.78, 5) is 30.7. The highest BCUT2D eigenvalue weighted by Crippen LogP contribution is 2.07. The smallest absolute Gasteiger partial charge is 0.408 e. The van der Waals surface area contributed by atoms with Crippen molar-refractivity contribution in [3.8, 4) is 0 Å². The number of ether oxygens (including phenoxy) is 1. The average Bonchev–Trinajstić information content (AvgIpc) is 2.30. The predicted molar refractivity (Wildman–Crippen MR) is 66.9 cm³/mol. The van der Waals surface area contributed by atoms with Crippen molar-refractivity contribution in [2.45, 2.75) is 32.4 Å². The molecule has 0 radical (unpaired) electrons. The number of hydrogen-bond acceptors (Lipinski definition) is 5. The average molecular weight is 273 g/mol. The maximum absolute atomic E-state index is 11.8. The molecule has 0 aromatic heterocycles. The first-order chi connectivity index (χ1) is 8.71. The molecule has 0 fully saturated rings. The van der Waals surface area contributed by atoms with Crippen LogP contribution in [0.25, 0.3) is 10.4 Å². The highest BCUT2D eigenvalue weighted by molar-refractivity contribution is 5.85. The summed E-state index contributed by atoms with van der Waals surface area (Å²) in [6.45, 7) is 4.84. The van der Waals surface area contributed by atoms with Crippen molar-refractivity contribution >= 4 is 12.0 Å². The lowest BCUT2D eigenvalue weighted by atomic mass is 10.2. The first-order valence-electron chi connectivity index (χ1n) is 5.53. The third kappa shape index (κ3) is 7.12. The van der Waals surface area contributed by atoms with Crippen LogP contribution in [0, 0.1) is 0 Å². The van der Waals surface area contributed by atoms with E-state index in [-0.39, 0.29) is 6.54 Å². The van der Waals surface area contributed by atoms with Gasteiger partial charge in [-0.05, 0) is 26.3 Å². The Balaban J connectivity index is 4.72. The van der Waals surface area contributed by atoms with E-state index in [1.165, 1.54) is 14.2 Å². The number of alkyl carbamates (subject to hydrolysis) is 1. The zero-order valence-corrected chi connectivity index (χ0v) is 11.7. The molecule has 0 rings (SSSR count). The monoisotopic (exact) mass is 273 g/mol. The van der Waals surface area contributed by atoms with Gasteiger partial charge < -0.3 is 10.1 Å². The molecule has 1 N–H and O–H groups in total. The summed E-state index contributed by atoms with van der Waals surface area (Å²) in [7, 11) is 2.68. The first-order valence-corrected chi connectivity index (χ1v) is 5.53. The number of amides is 2. The van der Waals surface area contributed by atoms with Crippen molar-refractivity contribution in [3.05, 3.63) is 10.4 Å². The lowest BCUT2D eigenvalue weighted by Crippen LogP contribution is -2.50. The molecule has 2 amide bonds. The van der Waals surface area contributed by atoms with Crippen molar-refractivity contribution in [2.24, 2.45) is 5.11 Å². The van der Waals surface area contributed by atoms with Gasteiger partial charge in [-0.15, -0.1) is 0 Å². The van der Waals surface area contributed by atoms with Crippen LogP contribution in [0.1, 0.15) is 20.8 Å². The van der Waals surface area contributed by atoms with Crippen LogP contribution in [0.2, 0.25) is 0 Å². The number of hydroxylamine groups is 2. The third-order valence-electron chi connectivity index (χ3n) is 1.90. The molecule has 108 valence electrons. The van der Waals surface area contributed by atoms with Crippen molar-refractivity contribution in [1.82, 2.24) is 10.4 Å². The molecule has 0 aliphatic heterocycles. The molecule has 0 spiro atoms. The Labute approximate surface area is 111 Å². The van der Waals surface area contributed by atoms with Gasteiger partial charge >= 0.3 is 6.09 Å². The van der Waals surface area contributed by atoms with Gasteiger partial charge in [0.25, 0.3) is 5.91 Å². The molecule has 0 saturated heterocycles. The van der Waals surface area contributed by atoms with E-state index in [1.54, 1.807) is 20.8 Å². The lowest BCUT2D eigenvalue weighted by Gasteiger charge is -2.24. The van der Waals surface area contributed by atoms with E-state index < -0.39 is 23.6 Å². The molecule has 0 saturated carbocycles. The second kappa shape index (κ2) is 7.45. The highest BCUT2D eigenvalue weighted by Gasteiger charge is 2.26. The molecule has 0 bridgehead atoms. The fourth-order valence-corrected chi connectivity index (χ4v) is 1.06. The number of nitrogens with one attached hydrogen (secondary N) is 1. The van der Waals surface area contributed by atoms with Crippen LogP contribution in [0.15, 0.2) is 5.11 Å². The summed E-state index contributed by atoms with van der Waals surface area (Å²) in [6, 6.07) is -1.05. The predicted octanol–water partition coefficient (Wildman–Crippen LogP) is 1.21. The zero-order valence-electron chi connectivity index (χ0n) is 11.7. The standard InChI is InChI=1S/C10H19N5O4/c1-10(2,3)19-9(17)13-7(6-12-14-11)8(16)15(4)18-5/h7H,6H2,1-5H3,(H,13,17)/t7-/m0/s1. The highest BCUT2D eigenvalue weighted by atomic mass is 16.7. The first kappa shape index (κ1) is 17.0. The lowest BCUT2D eigenvalue weighted by molar-refractivity contribution is -0.170. The Morgan fingerprint density at radius 2 is 2.05 bits per heavy atom. The van der Waals surface area contributed by atoms with Gasteiger partial charge in [0.15, 0.2) is 0 Å². The molecular weight excluding hydrogens is 254 g/mol. The topological polar surface area (TPSA) is 117 Å². The summed E-state index contributed by atoms with van der Waals surface area (Å²) < 4.78 is 5.02. The SMILES string of the molecule is CON(C)C(=O)[C@H](CN=[N+]=[N-])NC(=O)OC(C)(C)C. The van der Waals surface area contributed by atoms with Crippen LogP contribution in [-0.2, 0) is 14.4 Å². The minimum absolute atomic E-state index is 0.234.